The van der Waals surface area contributed by atoms with Crippen LogP contribution in [0.5, 0.6) is 0 Å². The molecule has 0 bridgehead atoms. The standard InChI is InChI=1S/C78H149NO5/c1-3-5-7-9-11-13-15-17-18-44-47-50-54-58-62-66-70-76(81)75(74-80)79-77(82)71-67-63-59-55-51-48-45-42-40-38-36-34-32-30-28-26-24-22-20-19-21-23-25-27-29-31-33-35-37-39-41-43-46-49-53-57-61-65-69-73-84-78(83)72-68-64-60-56-52-16-14-12-10-8-6-4-2/h19-20,23,25,66,70,75-76,80-81H,3-18,21-22,24,26-65,67-69,71-74H2,1-2H3,(H,79,82)/b20-19-,25-23-,70-66+. The van der Waals surface area contributed by atoms with Crippen LogP contribution in [0.4, 0.5) is 0 Å². The van der Waals surface area contributed by atoms with Gasteiger partial charge in [0.15, 0.2) is 0 Å². The lowest BCUT2D eigenvalue weighted by Gasteiger charge is -2.20. The highest BCUT2D eigenvalue weighted by atomic mass is 16.5. The number of unbranched alkanes of at least 4 members (excludes halogenated alkanes) is 57. The molecule has 0 aromatic carbocycles. The highest BCUT2D eigenvalue weighted by Crippen LogP contribution is 2.19. The number of amides is 1. The Labute approximate surface area is 525 Å². The van der Waals surface area contributed by atoms with Crippen molar-refractivity contribution >= 4 is 11.9 Å². The maximum atomic E-state index is 12.5. The molecule has 2 unspecified atom stereocenters. The van der Waals surface area contributed by atoms with E-state index in [1.807, 2.05) is 6.08 Å². The van der Waals surface area contributed by atoms with E-state index < -0.39 is 12.1 Å². The zero-order valence-electron chi connectivity index (χ0n) is 56.9. The van der Waals surface area contributed by atoms with Gasteiger partial charge in [0.05, 0.1) is 25.4 Å². The summed E-state index contributed by atoms with van der Waals surface area (Å²) in [5.74, 6) is -0.0407. The summed E-state index contributed by atoms with van der Waals surface area (Å²) >= 11 is 0. The molecule has 0 aromatic heterocycles. The molecule has 6 nitrogen and oxygen atoms in total. The molecule has 2 atom stereocenters. The average molecular weight is 1180 g/mol. The average Bonchev–Trinajstić information content (AvgIpc) is 3.50. The molecule has 0 aliphatic rings. The first-order chi connectivity index (χ1) is 41.5. The van der Waals surface area contributed by atoms with Gasteiger partial charge in [0.25, 0.3) is 0 Å². The Balaban J connectivity index is 3.36. The van der Waals surface area contributed by atoms with E-state index >= 15 is 0 Å². The number of hydrogen-bond acceptors (Lipinski definition) is 5. The summed E-state index contributed by atoms with van der Waals surface area (Å²) in [4.78, 5) is 24.5. The van der Waals surface area contributed by atoms with Gasteiger partial charge in [-0.25, -0.2) is 0 Å². The van der Waals surface area contributed by atoms with Gasteiger partial charge in [0.2, 0.25) is 5.91 Å². The monoisotopic (exact) mass is 1180 g/mol. The fourth-order valence-corrected chi connectivity index (χ4v) is 12.1. The minimum atomic E-state index is -0.842. The van der Waals surface area contributed by atoms with Crippen LogP contribution in [0.3, 0.4) is 0 Å². The van der Waals surface area contributed by atoms with Gasteiger partial charge in [-0.15, -0.1) is 0 Å². The van der Waals surface area contributed by atoms with E-state index in [1.54, 1.807) is 6.08 Å². The minimum Gasteiger partial charge on any atom is -0.466 e. The van der Waals surface area contributed by atoms with Crippen molar-refractivity contribution in [2.24, 2.45) is 0 Å². The van der Waals surface area contributed by atoms with Crippen LogP contribution in [-0.2, 0) is 14.3 Å². The summed E-state index contributed by atoms with van der Waals surface area (Å²) in [6.07, 6.45) is 95.5. The number of carbonyl (C=O) groups is 2. The SMILES string of the molecule is CCCCCCCCCCCCCCCC/C=C/C(O)C(CO)NC(=O)CCCCCCCCCCCCCCCCCCC/C=C\C/C=C\CCCCCCCCCCCCCCCCCOC(=O)CCCCCCCCCCCCCC. The minimum absolute atomic E-state index is 0.0213. The summed E-state index contributed by atoms with van der Waals surface area (Å²) in [6, 6.07) is -0.626. The number of esters is 1. The molecule has 0 fully saturated rings. The molecule has 0 spiro atoms. The first-order valence-electron chi connectivity index (χ1n) is 38.3. The molecule has 0 aliphatic heterocycles. The second-order valence-electron chi connectivity index (χ2n) is 26.3. The summed E-state index contributed by atoms with van der Waals surface area (Å²) in [5.41, 5.74) is 0. The molecule has 6 heteroatoms. The lowest BCUT2D eigenvalue weighted by atomic mass is 10.0. The van der Waals surface area contributed by atoms with Gasteiger partial charge in [0, 0.05) is 12.8 Å². The largest absolute Gasteiger partial charge is 0.466 e. The van der Waals surface area contributed by atoms with E-state index in [1.165, 1.54) is 353 Å². The molecule has 0 heterocycles. The molecular weight excluding hydrogens is 1030 g/mol. The van der Waals surface area contributed by atoms with E-state index in [4.69, 9.17) is 4.74 Å². The van der Waals surface area contributed by atoms with E-state index in [0.29, 0.717) is 19.4 Å². The number of aliphatic hydroxyl groups excluding tert-OH is 2. The Morgan fingerprint density at radius 1 is 0.333 bits per heavy atom. The van der Waals surface area contributed by atoms with Gasteiger partial charge in [-0.2, -0.15) is 0 Å². The Bertz CT molecular complexity index is 1360. The van der Waals surface area contributed by atoms with Crippen molar-refractivity contribution in [2.75, 3.05) is 13.2 Å². The third-order valence-corrected chi connectivity index (χ3v) is 17.9. The number of allylic oxidation sites excluding steroid dienone is 5. The van der Waals surface area contributed by atoms with Gasteiger partial charge in [0.1, 0.15) is 0 Å². The van der Waals surface area contributed by atoms with E-state index in [9.17, 15) is 19.8 Å². The number of nitrogens with one attached hydrogen (secondary N) is 1. The highest BCUT2D eigenvalue weighted by Gasteiger charge is 2.18. The second-order valence-corrected chi connectivity index (χ2v) is 26.3. The van der Waals surface area contributed by atoms with Crippen molar-refractivity contribution in [3.63, 3.8) is 0 Å². The van der Waals surface area contributed by atoms with Crippen molar-refractivity contribution in [2.45, 2.75) is 437 Å². The number of ether oxygens (including phenoxy) is 1. The molecule has 3 N–H and O–H groups in total. The molecule has 0 radical (unpaired) electrons. The topological polar surface area (TPSA) is 95.9 Å². The van der Waals surface area contributed by atoms with Gasteiger partial charge in [-0.05, 0) is 64.2 Å². The van der Waals surface area contributed by atoms with Crippen molar-refractivity contribution < 1.29 is 24.5 Å². The van der Waals surface area contributed by atoms with Crippen LogP contribution in [0.15, 0.2) is 36.5 Å². The van der Waals surface area contributed by atoms with Crippen molar-refractivity contribution in [3.05, 3.63) is 36.5 Å². The molecular formula is C78H149NO5. The van der Waals surface area contributed by atoms with Crippen LogP contribution >= 0.6 is 0 Å². The van der Waals surface area contributed by atoms with Crippen LogP contribution < -0.4 is 5.32 Å². The molecule has 84 heavy (non-hydrogen) atoms. The maximum absolute atomic E-state index is 12.5. The molecule has 0 saturated heterocycles. The summed E-state index contributed by atoms with van der Waals surface area (Å²) in [7, 11) is 0. The van der Waals surface area contributed by atoms with Gasteiger partial charge in [-0.1, -0.05) is 384 Å². The molecule has 0 saturated carbocycles. The van der Waals surface area contributed by atoms with E-state index in [-0.39, 0.29) is 18.5 Å². The molecule has 0 rings (SSSR count). The fraction of sp³-hybridized carbons (Fsp3) is 0.897. The van der Waals surface area contributed by atoms with Crippen molar-refractivity contribution in [1.29, 1.82) is 0 Å². The lowest BCUT2D eigenvalue weighted by Crippen LogP contribution is -2.45. The number of carbonyl (C=O) groups excluding carboxylic acids is 2. The number of hydrogen-bond donors (Lipinski definition) is 3. The summed E-state index contributed by atoms with van der Waals surface area (Å²) in [5, 5.41) is 23.2. The second kappa shape index (κ2) is 73.5. The zero-order valence-corrected chi connectivity index (χ0v) is 56.9. The molecule has 496 valence electrons. The predicted molar refractivity (Wildman–Crippen MR) is 370 cm³/mol. The van der Waals surface area contributed by atoms with Gasteiger partial charge >= 0.3 is 5.97 Å². The van der Waals surface area contributed by atoms with Crippen LogP contribution in [-0.4, -0.2) is 47.4 Å². The van der Waals surface area contributed by atoms with Gasteiger partial charge < -0.3 is 20.3 Å². The molecule has 0 aromatic rings. The van der Waals surface area contributed by atoms with Crippen LogP contribution in [0.2, 0.25) is 0 Å². The quantitative estimate of drug-likeness (QED) is 0.0320. The summed E-state index contributed by atoms with van der Waals surface area (Å²) in [6.45, 7) is 4.94. The Hall–Kier alpha value is -1.92. The zero-order chi connectivity index (χ0) is 60.6. The smallest absolute Gasteiger partial charge is 0.305 e. The van der Waals surface area contributed by atoms with Crippen LogP contribution in [0.25, 0.3) is 0 Å². The maximum Gasteiger partial charge on any atom is 0.305 e. The van der Waals surface area contributed by atoms with E-state index in [2.05, 4.69) is 43.5 Å². The third kappa shape index (κ3) is 69.2. The third-order valence-electron chi connectivity index (χ3n) is 17.9. The highest BCUT2D eigenvalue weighted by molar-refractivity contribution is 5.76. The Morgan fingerprint density at radius 2 is 0.595 bits per heavy atom. The van der Waals surface area contributed by atoms with Crippen molar-refractivity contribution in [1.82, 2.24) is 5.32 Å². The van der Waals surface area contributed by atoms with E-state index in [0.717, 1.165) is 44.9 Å². The molecule has 0 aliphatic carbocycles. The van der Waals surface area contributed by atoms with Crippen molar-refractivity contribution in [3.8, 4) is 0 Å². The Kier molecular flexibility index (Phi) is 71.9. The summed E-state index contributed by atoms with van der Waals surface area (Å²) < 4.78 is 5.49. The number of rotatable bonds is 72. The number of aliphatic hydroxyl groups is 2. The Morgan fingerprint density at radius 3 is 0.905 bits per heavy atom. The van der Waals surface area contributed by atoms with Gasteiger partial charge in [-0.3, -0.25) is 9.59 Å². The molecule has 1 amide bonds. The first kappa shape index (κ1) is 82.1. The fourth-order valence-electron chi connectivity index (χ4n) is 12.1. The predicted octanol–water partition coefficient (Wildman–Crippen LogP) is 25.0. The van der Waals surface area contributed by atoms with Crippen LogP contribution in [0.1, 0.15) is 425 Å². The normalized spacial score (nSPS) is 12.7. The first-order valence-corrected chi connectivity index (χ1v) is 38.3. The lowest BCUT2D eigenvalue weighted by molar-refractivity contribution is -0.143. The van der Waals surface area contributed by atoms with Crippen LogP contribution in [0, 0.1) is 0 Å².